The van der Waals surface area contributed by atoms with Gasteiger partial charge in [0.2, 0.25) is 0 Å². The molecule has 0 spiro atoms. The van der Waals surface area contributed by atoms with Crippen LogP contribution in [0.2, 0.25) is 0 Å². The Kier molecular flexibility index (Phi) is 5.02. The van der Waals surface area contributed by atoms with Gasteiger partial charge >= 0.3 is 5.97 Å². The summed E-state index contributed by atoms with van der Waals surface area (Å²) in [5.74, 6) is -1.19. The Hall–Kier alpha value is -2.70. The highest BCUT2D eigenvalue weighted by Gasteiger charge is 2.32. The number of carbonyl (C=O) groups excluding carboxylic acids is 2. The molecule has 24 heavy (non-hydrogen) atoms. The van der Waals surface area contributed by atoms with Crippen molar-refractivity contribution in [2.75, 3.05) is 11.9 Å². The molecule has 0 saturated carbocycles. The average molecular weight is 333 g/mol. The minimum Gasteiger partial charge on any atom is -0.464 e. The third-order valence-corrected chi connectivity index (χ3v) is 3.62. The Balaban J connectivity index is 2.16. The maximum atomic E-state index is 13.1. The summed E-state index contributed by atoms with van der Waals surface area (Å²) in [6.07, 6.45) is 2.99. The van der Waals surface area contributed by atoms with Gasteiger partial charge in [-0.1, -0.05) is 0 Å². The maximum Gasteiger partial charge on any atom is 0.333 e. The van der Waals surface area contributed by atoms with Gasteiger partial charge in [-0.2, -0.15) is 5.10 Å². The number of aromatic nitrogens is 2. The maximum absolute atomic E-state index is 13.1. The highest BCUT2D eigenvalue weighted by Crippen LogP contribution is 2.20. The molecule has 0 atom stereocenters. The Morgan fingerprint density at radius 2 is 2.08 bits per heavy atom. The first-order chi connectivity index (χ1) is 11.3. The van der Waals surface area contributed by atoms with Crippen molar-refractivity contribution < 1.29 is 18.7 Å². The molecule has 0 aliphatic carbocycles. The highest BCUT2D eigenvalue weighted by molar-refractivity contribution is 6.05. The van der Waals surface area contributed by atoms with Crippen molar-refractivity contribution >= 4 is 17.6 Å². The van der Waals surface area contributed by atoms with Gasteiger partial charge in [0.05, 0.1) is 18.5 Å². The van der Waals surface area contributed by atoms with Crippen LogP contribution in [0.25, 0.3) is 0 Å². The number of hydrogen-bond acceptors (Lipinski definition) is 4. The number of aryl methyl sites for hydroxylation is 1. The van der Waals surface area contributed by atoms with E-state index >= 15 is 0 Å². The lowest BCUT2D eigenvalue weighted by atomic mass is 10.1. The lowest BCUT2D eigenvalue weighted by Crippen LogP contribution is -2.37. The number of carbonyl (C=O) groups is 2. The van der Waals surface area contributed by atoms with E-state index in [2.05, 4.69) is 10.4 Å². The third kappa shape index (κ3) is 3.61. The normalized spacial score (nSPS) is 11.2. The molecule has 6 nitrogen and oxygen atoms in total. The molecule has 128 valence electrons. The van der Waals surface area contributed by atoms with E-state index in [0.29, 0.717) is 16.8 Å². The summed E-state index contributed by atoms with van der Waals surface area (Å²) in [7, 11) is 0. The van der Waals surface area contributed by atoms with Crippen molar-refractivity contribution in [1.82, 2.24) is 9.78 Å². The number of ether oxygens (including phenoxy) is 1. The van der Waals surface area contributed by atoms with E-state index in [-0.39, 0.29) is 12.5 Å². The molecule has 0 radical (unpaired) electrons. The van der Waals surface area contributed by atoms with Gasteiger partial charge in [-0.05, 0) is 51.5 Å². The van der Waals surface area contributed by atoms with Crippen LogP contribution in [0.3, 0.4) is 0 Å². The van der Waals surface area contributed by atoms with Crippen molar-refractivity contribution in [3.05, 3.63) is 47.5 Å². The van der Waals surface area contributed by atoms with Crippen molar-refractivity contribution in [3.63, 3.8) is 0 Å². The molecule has 1 amide bonds. The number of anilines is 1. The third-order valence-electron chi connectivity index (χ3n) is 3.62. The summed E-state index contributed by atoms with van der Waals surface area (Å²) in [4.78, 5) is 24.3. The molecular formula is C17H20FN3O3. The van der Waals surface area contributed by atoms with Gasteiger partial charge in [-0.15, -0.1) is 0 Å². The van der Waals surface area contributed by atoms with Crippen molar-refractivity contribution in [2.45, 2.75) is 33.2 Å². The molecule has 1 heterocycles. The number of rotatable bonds is 5. The molecule has 2 aromatic rings. The first kappa shape index (κ1) is 17.7. The van der Waals surface area contributed by atoms with Gasteiger partial charge in [-0.3, -0.25) is 9.48 Å². The monoisotopic (exact) mass is 333 g/mol. The second kappa shape index (κ2) is 6.82. The van der Waals surface area contributed by atoms with E-state index in [4.69, 9.17) is 4.74 Å². The number of benzene rings is 1. The fourth-order valence-corrected chi connectivity index (χ4v) is 2.17. The van der Waals surface area contributed by atoms with Gasteiger partial charge < -0.3 is 10.1 Å². The van der Waals surface area contributed by atoms with E-state index < -0.39 is 17.3 Å². The van der Waals surface area contributed by atoms with Gasteiger partial charge in [0, 0.05) is 11.8 Å². The zero-order valence-corrected chi connectivity index (χ0v) is 14.1. The van der Waals surface area contributed by atoms with E-state index in [1.165, 1.54) is 29.1 Å². The summed E-state index contributed by atoms with van der Waals surface area (Å²) in [6.45, 7) is 7.01. The number of esters is 1. The number of halogens is 1. The first-order valence-electron chi connectivity index (χ1n) is 7.55. The topological polar surface area (TPSA) is 73.2 Å². The Bertz CT molecular complexity index is 768. The van der Waals surface area contributed by atoms with Crippen LogP contribution in [0, 0.1) is 12.7 Å². The van der Waals surface area contributed by atoms with Crippen LogP contribution in [0.4, 0.5) is 10.1 Å². The molecule has 1 aromatic carbocycles. The molecule has 0 saturated heterocycles. The van der Waals surface area contributed by atoms with Crippen LogP contribution >= 0.6 is 0 Å². The molecular weight excluding hydrogens is 313 g/mol. The van der Waals surface area contributed by atoms with E-state index in [1.807, 2.05) is 0 Å². The van der Waals surface area contributed by atoms with Crippen LogP contribution in [-0.2, 0) is 15.1 Å². The minimum absolute atomic E-state index is 0.275. The summed E-state index contributed by atoms with van der Waals surface area (Å²) in [5, 5.41) is 6.80. The molecule has 7 heteroatoms. The van der Waals surface area contributed by atoms with E-state index in [1.54, 1.807) is 33.9 Å². The lowest BCUT2D eigenvalue weighted by Gasteiger charge is -2.22. The number of nitrogens with one attached hydrogen (secondary N) is 1. The molecule has 1 N–H and O–H groups in total. The molecule has 0 unspecified atom stereocenters. The smallest absolute Gasteiger partial charge is 0.333 e. The summed E-state index contributed by atoms with van der Waals surface area (Å²) in [6, 6.07) is 3.95. The van der Waals surface area contributed by atoms with Crippen LogP contribution in [0.1, 0.15) is 36.7 Å². The second-order valence-corrected chi connectivity index (χ2v) is 5.87. The Labute approximate surface area is 139 Å². The fraction of sp³-hybridized carbons (Fsp3) is 0.353. The average Bonchev–Trinajstić information content (AvgIpc) is 2.96. The van der Waals surface area contributed by atoms with E-state index in [0.717, 1.165) is 0 Å². The molecule has 2 rings (SSSR count). The molecule has 0 aliphatic heterocycles. The summed E-state index contributed by atoms with van der Waals surface area (Å²) in [5.41, 5.74) is 0.340. The zero-order chi connectivity index (χ0) is 17.9. The number of nitrogens with zero attached hydrogens (tertiary/aromatic N) is 2. The van der Waals surface area contributed by atoms with Gasteiger partial charge in [0.15, 0.2) is 5.54 Å². The SMILES string of the molecule is CCOC(=O)C(C)(C)n1cc(NC(=O)c2ccc(F)cc2C)cn1. The van der Waals surface area contributed by atoms with Gasteiger partial charge in [-0.25, -0.2) is 9.18 Å². The van der Waals surface area contributed by atoms with Crippen LogP contribution < -0.4 is 5.32 Å². The van der Waals surface area contributed by atoms with Gasteiger partial charge in [0.25, 0.3) is 5.91 Å². The number of hydrogen-bond donors (Lipinski definition) is 1. The van der Waals surface area contributed by atoms with Gasteiger partial charge in [0.1, 0.15) is 5.82 Å². The Morgan fingerprint density at radius 3 is 2.71 bits per heavy atom. The van der Waals surface area contributed by atoms with Crippen LogP contribution in [0.15, 0.2) is 30.6 Å². The predicted molar refractivity (Wildman–Crippen MR) is 87.3 cm³/mol. The van der Waals surface area contributed by atoms with E-state index in [9.17, 15) is 14.0 Å². The van der Waals surface area contributed by atoms with Crippen molar-refractivity contribution in [3.8, 4) is 0 Å². The molecule has 1 aromatic heterocycles. The largest absolute Gasteiger partial charge is 0.464 e. The highest BCUT2D eigenvalue weighted by atomic mass is 19.1. The summed E-state index contributed by atoms with van der Waals surface area (Å²) < 4.78 is 19.6. The standard InChI is InChI=1S/C17H20FN3O3/c1-5-24-16(23)17(3,4)21-10-13(9-19-21)20-15(22)14-7-6-12(18)8-11(14)2/h6-10H,5H2,1-4H3,(H,20,22). The molecule has 0 aliphatic rings. The predicted octanol–water partition coefficient (Wildman–Crippen LogP) is 2.88. The quantitative estimate of drug-likeness (QED) is 0.854. The molecule has 0 fully saturated rings. The van der Waals surface area contributed by atoms with Crippen LogP contribution in [-0.4, -0.2) is 28.3 Å². The zero-order valence-electron chi connectivity index (χ0n) is 14.1. The molecule has 0 bridgehead atoms. The Morgan fingerprint density at radius 1 is 1.38 bits per heavy atom. The number of amides is 1. The fourth-order valence-electron chi connectivity index (χ4n) is 2.17. The second-order valence-electron chi connectivity index (χ2n) is 5.87. The summed E-state index contributed by atoms with van der Waals surface area (Å²) >= 11 is 0. The van der Waals surface area contributed by atoms with Crippen molar-refractivity contribution in [2.24, 2.45) is 0 Å². The minimum atomic E-state index is -0.995. The van der Waals surface area contributed by atoms with Crippen LogP contribution in [0.5, 0.6) is 0 Å². The van der Waals surface area contributed by atoms with Crippen molar-refractivity contribution in [1.29, 1.82) is 0 Å². The first-order valence-corrected chi connectivity index (χ1v) is 7.55. The lowest BCUT2D eigenvalue weighted by molar-refractivity contribution is -0.152.